The summed E-state index contributed by atoms with van der Waals surface area (Å²) < 4.78 is 5.16. The van der Waals surface area contributed by atoms with Crippen LogP contribution in [0.2, 0.25) is 0 Å². The van der Waals surface area contributed by atoms with Crippen molar-refractivity contribution in [2.45, 2.75) is 116 Å². The lowest BCUT2D eigenvalue weighted by atomic mass is 10.0. The SMILES string of the molecule is CCCCCCCCCCCCCCCCCC(=O)OC1C(=O)NC(=N)N1C. The molecule has 0 bridgehead atoms. The van der Waals surface area contributed by atoms with E-state index >= 15 is 0 Å². The fraction of sp³-hybridized carbons (Fsp3) is 0.864. The molecule has 1 atom stereocenters. The molecule has 1 rings (SSSR count). The zero-order valence-electron chi connectivity index (χ0n) is 18.1. The second-order valence-corrected chi connectivity index (χ2v) is 7.99. The molecule has 1 fully saturated rings. The van der Waals surface area contributed by atoms with Gasteiger partial charge in [0, 0.05) is 13.5 Å². The lowest BCUT2D eigenvalue weighted by molar-refractivity contribution is -0.160. The van der Waals surface area contributed by atoms with Gasteiger partial charge < -0.3 is 9.64 Å². The minimum atomic E-state index is -0.989. The summed E-state index contributed by atoms with van der Waals surface area (Å²) in [6, 6.07) is 0. The largest absolute Gasteiger partial charge is 0.432 e. The Bertz CT molecular complexity index is 468. The molecule has 1 aliphatic rings. The molecule has 0 aliphatic carbocycles. The smallest absolute Gasteiger partial charge is 0.308 e. The number of esters is 1. The molecule has 1 unspecified atom stereocenters. The van der Waals surface area contributed by atoms with E-state index in [2.05, 4.69) is 12.2 Å². The Hall–Kier alpha value is -1.59. The molecule has 2 N–H and O–H groups in total. The topological polar surface area (TPSA) is 82.5 Å². The fourth-order valence-corrected chi connectivity index (χ4v) is 3.52. The maximum atomic E-state index is 11.8. The average Bonchev–Trinajstić information content (AvgIpc) is 2.91. The Kier molecular flexibility index (Phi) is 13.4. The first-order valence-electron chi connectivity index (χ1n) is 11.4. The Balaban J connectivity index is 1.84. The number of hydrogen-bond acceptors (Lipinski definition) is 4. The Morgan fingerprint density at radius 2 is 1.32 bits per heavy atom. The highest BCUT2D eigenvalue weighted by molar-refractivity contribution is 6.04. The Labute approximate surface area is 171 Å². The number of nitrogens with zero attached hydrogens (tertiary/aromatic N) is 1. The number of nitrogens with one attached hydrogen (secondary N) is 2. The molecule has 6 nitrogen and oxygen atoms in total. The van der Waals surface area contributed by atoms with Crippen LogP contribution in [0.3, 0.4) is 0 Å². The van der Waals surface area contributed by atoms with Crippen molar-refractivity contribution >= 4 is 17.8 Å². The molecule has 0 spiro atoms. The highest BCUT2D eigenvalue weighted by atomic mass is 16.6. The average molecular weight is 396 g/mol. The summed E-state index contributed by atoms with van der Waals surface area (Å²) in [7, 11) is 1.56. The molecule has 6 heteroatoms. The van der Waals surface area contributed by atoms with E-state index in [0.717, 1.165) is 19.3 Å². The first-order valence-corrected chi connectivity index (χ1v) is 11.4. The number of likely N-dealkylation sites (N-methyl/N-ethyl adjacent to an activating group) is 1. The molecule has 0 aromatic carbocycles. The van der Waals surface area contributed by atoms with Crippen LogP contribution in [0.25, 0.3) is 0 Å². The molecule has 0 aromatic heterocycles. The van der Waals surface area contributed by atoms with Gasteiger partial charge in [-0.25, -0.2) is 0 Å². The van der Waals surface area contributed by atoms with Gasteiger partial charge >= 0.3 is 5.97 Å². The van der Waals surface area contributed by atoms with Crippen LogP contribution in [0, 0.1) is 5.41 Å². The molecule has 1 aliphatic heterocycles. The number of amides is 1. The van der Waals surface area contributed by atoms with Gasteiger partial charge in [0.1, 0.15) is 0 Å². The van der Waals surface area contributed by atoms with Gasteiger partial charge in [0.15, 0.2) is 0 Å². The van der Waals surface area contributed by atoms with Crippen molar-refractivity contribution in [2.75, 3.05) is 7.05 Å². The van der Waals surface area contributed by atoms with Crippen molar-refractivity contribution in [1.82, 2.24) is 10.2 Å². The predicted octanol–water partition coefficient (Wildman–Crippen LogP) is 5.11. The van der Waals surface area contributed by atoms with E-state index in [0.29, 0.717) is 6.42 Å². The van der Waals surface area contributed by atoms with Crippen molar-refractivity contribution in [3.05, 3.63) is 0 Å². The third-order valence-electron chi connectivity index (χ3n) is 5.40. The third kappa shape index (κ3) is 10.7. The van der Waals surface area contributed by atoms with E-state index < -0.39 is 12.1 Å². The van der Waals surface area contributed by atoms with Crippen LogP contribution in [0.15, 0.2) is 0 Å². The highest BCUT2D eigenvalue weighted by Gasteiger charge is 2.36. The molecule has 28 heavy (non-hydrogen) atoms. The molecule has 1 saturated heterocycles. The first kappa shape index (κ1) is 24.4. The van der Waals surface area contributed by atoms with Gasteiger partial charge in [-0.3, -0.25) is 20.3 Å². The normalized spacial score (nSPS) is 16.5. The van der Waals surface area contributed by atoms with Gasteiger partial charge in [0.25, 0.3) is 12.1 Å². The number of unbranched alkanes of at least 4 members (excludes halogenated alkanes) is 14. The van der Waals surface area contributed by atoms with Crippen LogP contribution in [-0.2, 0) is 14.3 Å². The number of guanidine groups is 1. The zero-order chi connectivity index (χ0) is 20.6. The van der Waals surface area contributed by atoms with E-state index in [1.54, 1.807) is 7.05 Å². The van der Waals surface area contributed by atoms with Gasteiger partial charge in [-0.15, -0.1) is 0 Å². The van der Waals surface area contributed by atoms with Gasteiger partial charge in [0.2, 0.25) is 5.96 Å². The van der Waals surface area contributed by atoms with Crippen LogP contribution >= 0.6 is 0 Å². The van der Waals surface area contributed by atoms with Gasteiger partial charge in [0.05, 0.1) is 0 Å². The third-order valence-corrected chi connectivity index (χ3v) is 5.40. The van der Waals surface area contributed by atoms with E-state index in [1.165, 1.54) is 81.9 Å². The van der Waals surface area contributed by atoms with E-state index in [1.807, 2.05) is 0 Å². The number of rotatable bonds is 17. The van der Waals surface area contributed by atoms with Gasteiger partial charge in [-0.2, -0.15) is 0 Å². The van der Waals surface area contributed by atoms with Crippen molar-refractivity contribution in [3.8, 4) is 0 Å². The Morgan fingerprint density at radius 3 is 1.71 bits per heavy atom. The second-order valence-electron chi connectivity index (χ2n) is 7.99. The van der Waals surface area contributed by atoms with Gasteiger partial charge in [-0.05, 0) is 6.42 Å². The number of carbonyl (C=O) groups excluding carboxylic acids is 2. The van der Waals surface area contributed by atoms with Crippen LogP contribution in [0.4, 0.5) is 0 Å². The zero-order valence-corrected chi connectivity index (χ0v) is 18.1. The summed E-state index contributed by atoms with van der Waals surface area (Å²) in [6.45, 7) is 2.26. The minimum Gasteiger partial charge on any atom is -0.432 e. The molecule has 162 valence electrons. The highest BCUT2D eigenvalue weighted by Crippen LogP contribution is 2.14. The minimum absolute atomic E-state index is 0.0326. The van der Waals surface area contributed by atoms with Crippen LogP contribution in [-0.4, -0.2) is 36.0 Å². The molecular formula is C22H41N3O3. The quantitative estimate of drug-likeness (QED) is 0.265. The maximum absolute atomic E-state index is 11.8. The van der Waals surface area contributed by atoms with Gasteiger partial charge in [-0.1, -0.05) is 96.8 Å². The van der Waals surface area contributed by atoms with E-state index in [-0.39, 0.29) is 11.9 Å². The molecular weight excluding hydrogens is 354 g/mol. The molecule has 0 aromatic rings. The lowest BCUT2D eigenvalue weighted by Crippen LogP contribution is -2.36. The Morgan fingerprint density at radius 1 is 0.893 bits per heavy atom. The fourth-order valence-electron chi connectivity index (χ4n) is 3.52. The lowest BCUT2D eigenvalue weighted by Gasteiger charge is -2.17. The van der Waals surface area contributed by atoms with Crippen LogP contribution in [0.1, 0.15) is 110 Å². The summed E-state index contributed by atoms with van der Waals surface area (Å²) in [4.78, 5) is 24.7. The van der Waals surface area contributed by atoms with Crippen molar-refractivity contribution in [2.24, 2.45) is 0 Å². The molecule has 1 heterocycles. The number of hydrogen-bond donors (Lipinski definition) is 2. The molecule has 0 radical (unpaired) electrons. The van der Waals surface area contributed by atoms with Crippen molar-refractivity contribution in [3.63, 3.8) is 0 Å². The first-order chi connectivity index (χ1) is 13.6. The van der Waals surface area contributed by atoms with Crippen LogP contribution in [0.5, 0.6) is 0 Å². The summed E-state index contributed by atoms with van der Waals surface area (Å²) in [5, 5.41) is 9.83. The maximum Gasteiger partial charge on any atom is 0.308 e. The van der Waals surface area contributed by atoms with Crippen molar-refractivity contribution in [1.29, 1.82) is 5.41 Å². The standard InChI is InChI=1S/C22H41N3O3/c1-3-4-5-6-7-8-9-10-11-12-13-14-15-16-17-18-19(26)28-21-20(27)24-22(23)25(21)2/h21H,3-18H2,1-2H3,(H2,23,24,27). The summed E-state index contributed by atoms with van der Waals surface area (Å²) in [5.74, 6) is -0.844. The predicted molar refractivity (Wildman–Crippen MR) is 113 cm³/mol. The number of ether oxygens (including phenoxy) is 1. The second kappa shape index (κ2) is 15.3. The van der Waals surface area contributed by atoms with E-state index in [4.69, 9.17) is 10.1 Å². The van der Waals surface area contributed by atoms with Crippen LogP contribution < -0.4 is 5.32 Å². The monoisotopic (exact) mass is 395 g/mol. The molecule has 0 saturated carbocycles. The summed E-state index contributed by atoms with van der Waals surface area (Å²) in [6.07, 6.45) is 18.6. The number of carbonyl (C=O) groups is 2. The summed E-state index contributed by atoms with van der Waals surface area (Å²) >= 11 is 0. The van der Waals surface area contributed by atoms with E-state index in [9.17, 15) is 9.59 Å². The summed E-state index contributed by atoms with van der Waals surface area (Å²) in [5.41, 5.74) is 0. The van der Waals surface area contributed by atoms with Crippen molar-refractivity contribution < 1.29 is 14.3 Å². The molecule has 1 amide bonds.